The van der Waals surface area contributed by atoms with Gasteiger partial charge in [-0.25, -0.2) is 0 Å². The molecular formula is C10H19NO3. The van der Waals surface area contributed by atoms with E-state index in [4.69, 9.17) is 4.74 Å². The topological polar surface area (TPSA) is 49.8 Å². The molecule has 1 aliphatic heterocycles. The third-order valence-corrected chi connectivity index (χ3v) is 2.79. The molecular weight excluding hydrogens is 182 g/mol. The molecule has 0 unspecified atom stereocenters. The molecule has 1 aliphatic rings. The van der Waals surface area contributed by atoms with E-state index in [0.29, 0.717) is 19.7 Å². The number of carbonyl (C=O) groups excluding carboxylic acids is 1. The highest BCUT2D eigenvalue weighted by atomic mass is 16.5. The molecule has 0 aromatic rings. The Labute approximate surface area is 84.8 Å². The molecule has 1 fully saturated rings. The number of hydrogen-bond acceptors (Lipinski definition) is 3. The van der Waals surface area contributed by atoms with Crippen molar-refractivity contribution < 1.29 is 14.6 Å². The van der Waals surface area contributed by atoms with Gasteiger partial charge < -0.3 is 14.7 Å². The summed E-state index contributed by atoms with van der Waals surface area (Å²) in [6.45, 7) is 7.34. The van der Waals surface area contributed by atoms with Gasteiger partial charge in [-0.1, -0.05) is 13.8 Å². The van der Waals surface area contributed by atoms with E-state index in [1.807, 2.05) is 20.8 Å². The normalized spacial score (nSPS) is 19.6. The highest BCUT2D eigenvalue weighted by molar-refractivity contribution is 5.78. The molecule has 0 aromatic carbocycles. The Bertz CT molecular complexity index is 209. The molecule has 0 bridgehead atoms. The van der Waals surface area contributed by atoms with Gasteiger partial charge in [0, 0.05) is 6.61 Å². The minimum atomic E-state index is -0.679. The van der Waals surface area contributed by atoms with E-state index in [1.165, 1.54) is 0 Å². The molecule has 0 aliphatic carbocycles. The number of likely N-dealkylation sites (tertiary alicyclic amines) is 1. The minimum absolute atomic E-state index is 0.0304. The van der Waals surface area contributed by atoms with Crippen LogP contribution in [0.2, 0.25) is 0 Å². The van der Waals surface area contributed by atoms with E-state index in [0.717, 1.165) is 0 Å². The summed E-state index contributed by atoms with van der Waals surface area (Å²) in [6.07, 6.45) is 0. The number of amides is 1. The highest BCUT2D eigenvalue weighted by Gasteiger charge is 2.45. The Hall–Kier alpha value is -0.610. The maximum Gasteiger partial charge on any atom is 0.248 e. The first-order valence-electron chi connectivity index (χ1n) is 5.07. The Morgan fingerprint density at radius 1 is 1.57 bits per heavy atom. The molecule has 0 radical (unpaired) electrons. The van der Waals surface area contributed by atoms with Gasteiger partial charge in [-0.05, 0) is 12.8 Å². The van der Waals surface area contributed by atoms with E-state index in [9.17, 15) is 9.90 Å². The maximum atomic E-state index is 11.4. The van der Waals surface area contributed by atoms with Gasteiger partial charge >= 0.3 is 0 Å². The lowest BCUT2D eigenvalue weighted by Gasteiger charge is -2.48. The second-order valence-electron chi connectivity index (χ2n) is 4.15. The molecule has 0 saturated carbocycles. The van der Waals surface area contributed by atoms with Crippen LogP contribution in [0.3, 0.4) is 0 Å². The van der Waals surface area contributed by atoms with Crippen LogP contribution in [0.1, 0.15) is 20.8 Å². The number of β-amino-alcohol motifs (C(OH)–C–C–N with tert-alkyl or cyclic N) is 1. The average Bonchev–Trinajstić information content (AvgIpc) is 2.08. The van der Waals surface area contributed by atoms with Crippen molar-refractivity contribution in [3.63, 3.8) is 0 Å². The van der Waals surface area contributed by atoms with E-state index in [1.54, 1.807) is 4.90 Å². The lowest BCUT2D eigenvalue weighted by atomic mass is 9.83. The van der Waals surface area contributed by atoms with Crippen molar-refractivity contribution in [2.75, 3.05) is 26.3 Å². The molecule has 1 heterocycles. The van der Waals surface area contributed by atoms with Gasteiger partial charge in [-0.15, -0.1) is 0 Å². The van der Waals surface area contributed by atoms with Crippen LogP contribution in [0, 0.1) is 5.92 Å². The van der Waals surface area contributed by atoms with Crippen LogP contribution in [0.4, 0.5) is 0 Å². The molecule has 1 amide bonds. The Morgan fingerprint density at radius 3 is 2.57 bits per heavy atom. The monoisotopic (exact) mass is 201 g/mol. The molecule has 1 N–H and O–H groups in total. The number of rotatable bonds is 4. The molecule has 14 heavy (non-hydrogen) atoms. The minimum Gasteiger partial charge on any atom is -0.386 e. The molecule has 0 aromatic heterocycles. The van der Waals surface area contributed by atoms with E-state index < -0.39 is 5.60 Å². The maximum absolute atomic E-state index is 11.4. The summed E-state index contributed by atoms with van der Waals surface area (Å²) in [5.41, 5.74) is -0.679. The third kappa shape index (κ3) is 2.25. The summed E-state index contributed by atoms with van der Waals surface area (Å²) in [5, 5.41) is 9.90. The molecule has 0 atom stereocenters. The van der Waals surface area contributed by atoms with Crippen molar-refractivity contribution in [2.45, 2.75) is 26.4 Å². The Kier molecular flexibility index (Phi) is 3.50. The Balaban J connectivity index is 2.30. The van der Waals surface area contributed by atoms with E-state index in [-0.39, 0.29) is 18.4 Å². The lowest BCUT2D eigenvalue weighted by molar-refractivity contribution is -0.167. The van der Waals surface area contributed by atoms with Crippen LogP contribution in [0.5, 0.6) is 0 Å². The largest absolute Gasteiger partial charge is 0.386 e. The number of hydrogen-bond donors (Lipinski definition) is 1. The second kappa shape index (κ2) is 4.28. The van der Waals surface area contributed by atoms with Gasteiger partial charge in [0.15, 0.2) is 0 Å². The Morgan fingerprint density at radius 2 is 2.14 bits per heavy atom. The summed E-state index contributed by atoms with van der Waals surface area (Å²) >= 11 is 0. The van der Waals surface area contributed by atoms with Gasteiger partial charge in [0.25, 0.3) is 0 Å². The summed E-state index contributed by atoms with van der Waals surface area (Å²) in [6, 6.07) is 0. The molecule has 1 saturated heterocycles. The fraction of sp³-hybridized carbons (Fsp3) is 0.900. The molecule has 1 rings (SSSR count). The van der Waals surface area contributed by atoms with Gasteiger partial charge in [0.1, 0.15) is 12.2 Å². The predicted octanol–water partition coefficient (Wildman–Crippen LogP) is 0.252. The van der Waals surface area contributed by atoms with E-state index in [2.05, 4.69) is 0 Å². The van der Waals surface area contributed by atoms with Crippen molar-refractivity contribution in [3.8, 4) is 0 Å². The number of aliphatic hydroxyl groups is 1. The average molecular weight is 201 g/mol. The third-order valence-electron chi connectivity index (χ3n) is 2.79. The fourth-order valence-electron chi connectivity index (χ4n) is 1.44. The van der Waals surface area contributed by atoms with Crippen molar-refractivity contribution in [1.82, 2.24) is 4.90 Å². The molecule has 4 heteroatoms. The standard InChI is InChI=1S/C10H19NO3/c1-4-14-5-9(12)11-6-10(13,7-11)8(2)3/h8,13H,4-7H2,1-3H3. The predicted molar refractivity (Wildman–Crippen MR) is 52.9 cm³/mol. The number of nitrogens with zero attached hydrogens (tertiary/aromatic N) is 1. The summed E-state index contributed by atoms with van der Waals surface area (Å²) in [5.74, 6) is 0.163. The van der Waals surface area contributed by atoms with Crippen LogP contribution in [0.15, 0.2) is 0 Å². The van der Waals surface area contributed by atoms with Crippen LogP contribution in [-0.4, -0.2) is 47.8 Å². The van der Waals surface area contributed by atoms with Gasteiger partial charge in [-0.2, -0.15) is 0 Å². The first-order valence-corrected chi connectivity index (χ1v) is 5.07. The summed E-state index contributed by atoms with van der Waals surface area (Å²) < 4.78 is 5.01. The first-order chi connectivity index (χ1) is 6.49. The fourth-order valence-corrected chi connectivity index (χ4v) is 1.44. The number of ether oxygens (including phenoxy) is 1. The summed E-state index contributed by atoms with van der Waals surface area (Å²) in [4.78, 5) is 13.0. The second-order valence-corrected chi connectivity index (χ2v) is 4.15. The number of carbonyl (C=O) groups is 1. The van der Waals surface area contributed by atoms with Crippen LogP contribution < -0.4 is 0 Å². The molecule has 0 spiro atoms. The van der Waals surface area contributed by atoms with Crippen LogP contribution in [0.25, 0.3) is 0 Å². The van der Waals surface area contributed by atoms with Crippen molar-refractivity contribution >= 4 is 5.91 Å². The van der Waals surface area contributed by atoms with Gasteiger partial charge in [-0.3, -0.25) is 4.79 Å². The molecule has 82 valence electrons. The quantitative estimate of drug-likeness (QED) is 0.709. The van der Waals surface area contributed by atoms with Gasteiger partial charge in [0.2, 0.25) is 5.91 Å². The lowest BCUT2D eigenvalue weighted by Crippen LogP contribution is -2.66. The van der Waals surface area contributed by atoms with Gasteiger partial charge in [0.05, 0.1) is 13.1 Å². The highest BCUT2D eigenvalue weighted by Crippen LogP contribution is 2.28. The zero-order chi connectivity index (χ0) is 10.8. The van der Waals surface area contributed by atoms with Crippen LogP contribution in [-0.2, 0) is 9.53 Å². The zero-order valence-corrected chi connectivity index (χ0v) is 9.12. The van der Waals surface area contributed by atoms with E-state index >= 15 is 0 Å². The SMILES string of the molecule is CCOCC(=O)N1CC(O)(C(C)C)C1. The van der Waals surface area contributed by atoms with Crippen LogP contribution >= 0.6 is 0 Å². The smallest absolute Gasteiger partial charge is 0.248 e. The zero-order valence-electron chi connectivity index (χ0n) is 9.12. The van der Waals surface area contributed by atoms with Crippen molar-refractivity contribution in [2.24, 2.45) is 5.92 Å². The molecule has 4 nitrogen and oxygen atoms in total. The summed E-state index contributed by atoms with van der Waals surface area (Å²) in [7, 11) is 0. The first kappa shape index (κ1) is 11.5. The van der Waals surface area contributed by atoms with Crippen molar-refractivity contribution in [3.05, 3.63) is 0 Å². The van der Waals surface area contributed by atoms with Crippen molar-refractivity contribution in [1.29, 1.82) is 0 Å².